The molecule has 2 aliphatic rings. The second kappa shape index (κ2) is 3.24. The highest BCUT2D eigenvalue weighted by Gasteiger charge is 2.60. The first kappa shape index (κ1) is 9.46. The van der Waals surface area contributed by atoms with Crippen molar-refractivity contribution < 1.29 is 18.9 Å². The van der Waals surface area contributed by atoms with E-state index in [1.54, 1.807) is 14.2 Å². The van der Waals surface area contributed by atoms with E-state index < -0.39 is 0 Å². The fourth-order valence-corrected chi connectivity index (χ4v) is 2.38. The summed E-state index contributed by atoms with van der Waals surface area (Å²) in [4.78, 5) is 0. The largest absolute Gasteiger partial charge is 0.381 e. The van der Waals surface area contributed by atoms with Crippen molar-refractivity contribution in [2.75, 3.05) is 27.4 Å². The van der Waals surface area contributed by atoms with Crippen LogP contribution in [-0.2, 0) is 18.9 Å². The van der Waals surface area contributed by atoms with Gasteiger partial charge in [-0.1, -0.05) is 0 Å². The molecule has 0 aromatic rings. The molecule has 4 unspecified atom stereocenters. The maximum Gasteiger partial charge on any atom is 0.143 e. The van der Waals surface area contributed by atoms with Crippen LogP contribution in [0.1, 0.15) is 0 Å². The van der Waals surface area contributed by atoms with Crippen LogP contribution in [0.5, 0.6) is 0 Å². The van der Waals surface area contributed by atoms with E-state index in [2.05, 4.69) is 0 Å². The average Bonchev–Trinajstić information content (AvgIpc) is 2.55. The van der Waals surface area contributed by atoms with Crippen molar-refractivity contribution in [2.24, 2.45) is 0 Å². The third-order valence-corrected chi connectivity index (χ3v) is 2.86. The van der Waals surface area contributed by atoms with Crippen molar-refractivity contribution in [3.05, 3.63) is 0 Å². The van der Waals surface area contributed by atoms with Crippen molar-refractivity contribution in [3.8, 4) is 0 Å². The summed E-state index contributed by atoms with van der Waals surface area (Å²) in [6.07, 6.45) is 0.0857. The second-order valence-electron chi connectivity index (χ2n) is 3.75. The van der Waals surface area contributed by atoms with E-state index in [4.69, 9.17) is 18.9 Å². The number of fused-ring (bicyclic) bond motifs is 2. The van der Waals surface area contributed by atoms with Crippen molar-refractivity contribution in [3.63, 3.8) is 0 Å². The quantitative estimate of drug-likeness (QED) is 0.517. The zero-order valence-electron chi connectivity index (χ0n) is 8.28. The minimum absolute atomic E-state index is 0.0162. The molecule has 5 heteroatoms. The van der Waals surface area contributed by atoms with Gasteiger partial charge in [-0.15, -0.1) is 0 Å². The van der Waals surface area contributed by atoms with E-state index >= 15 is 0 Å². The Morgan fingerprint density at radius 1 is 1.54 bits per heavy atom. The van der Waals surface area contributed by atoms with Gasteiger partial charge in [0.25, 0.3) is 0 Å². The summed E-state index contributed by atoms with van der Waals surface area (Å²) in [6, 6.07) is 0.105. The van der Waals surface area contributed by atoms with Gasteiger partial charge < -0.3 is 18.9 Å². The molecule has 0 amide bonds. The van der Waals surface area contributed by atoms with Gasteiger partial charge in [-0.3, -0.25) is 0 Å². The Morgan fingerprint density at radius 3 is 2.85 bits per heavy atom. The number of hydrogen-bond acceptors (Lipinski definition) is 4. The standard InChI is InChI=1S/C8H15BO4/c1-10-3-8-4-12-5(6(8)11-2)7(9)13-8/h5-7H,3-4,9H2,1-2H3. The summed E-state index contributed by atoms with van der Waals surface area (Å²) in [5.74, 6) is 0. The molecule has 13 heavy (non-hydrogen) atoms. The average molecular weight is 186 g/mol. The number of rotatable bonds is 3. The summed E-state index contributed by atoms with van der Waals surface area (Å²) < 4.78 is 21.9. The van der Waals surface area contributed by atoms with E-state index in [0.717, 1.165) is 0 Å². The van der Waals surface area contributed by atoms with Crippen LogP contribution in [0.25, 0.3) is 0 Å². The van der Waals surface area contributed by atoms with Crippen molar-refractivity contribution >= 4 is 7.85 Å². The van der Waals surface area contributed by atoms with Crippen molar-refractivity contribution in [2.45, 2.75) is 23.8 Å². The fraction of sp³-hybridized carbons (Fsp3) is 1.00. The van der Waals surface area contributed by atoms with E-state index in [1.165, 1.54) is 0 Å². The third kappa shape index (κ3) is 1.22. The zero-order valence-corrected chi connectivity index (χ0v) is 8.28. The molecule has 2 heterocycles. The smallest absolute Gasteiger partial charge is 0.143 e. The molecule has 0 aromatic heterocycles. The van der Waals surface area contributed by atoms with Crippen LogP contribution in [0.3, 0.4) is 0 Å². The summed E-state index contributed by atoms with van der Waals surface area (Å²) >= 11 is 0. The van der Waals surface area contributed by atoms with Crippen LogP contribution in [0.2, 0.25) is 0 Å². The number of hydrogen-bond donors (Lipinski definition) is 0. The Balaban J connectivity index is 2.17. The summed E-state index contributed by atoms with van der Waals surface area (Å²) in [5.41, 5.74) is -0.367. The molecule has 0 saturated carbocycles. The van der Waals surface area contributed by atoms with Gasteiger partial charge in [-0.25, -0.2) is 0 Å². The molecule has 0 radical (unpaired) electrons. The molecular formula is C8H15BO4. The van der Waals surface area contributed by atoms with E-state index in [-0.39, 0.29) is 23.8 Å². The zero-order chi connectivity index (χ0) is 9.47. The van der Waals surface area contributed by atoms with Crippen LogP contribution in [0.15, 0.2) is 0 Å². The molecule has 0 aliphatic carbocycles. The maximum atomic E-state index is 5.82. The molecule has 2 bridgehead atoms. The van der Waals surface area contributed by atoms with Crippen LogP contribution in [-0.4, -0.2) is 59.1 Å². The first-order chi connectivity index (χ1) is 6.23. The summed E-state index contributed by atoms with van der Waals surface area (Å²) in [6.45, 7) is 1.11. The lowest BCUT2D eigenvalue weighted by molar-refractivity contribution is -0.144. The monoisotopic (exact) mass is 186 g/mol. The highest BCUT2D eigenvalue weighted by atomic mass is 16.7. The molecule has 4 atom stereocenters. The molecule has 2 saturated heterocycles. The topological polar surface area (TPSA) is 36.9 Å². The molecule has 0 spiro atoms. The third-order valence-electron chi connectivity index (χ3n) is 2.86. The molecule has 2 rings (SSSR count). The number of ether oxygens (including phenoxy) is 4. The Hall–Kier alpha value is -0.0951. The molecule has 2 aliphatic heterocycles. The minimum atomic E-state index is -0.367. The predicted molar refractivity (Wildman–Crippen MR) is 48.6 cm³/mol. The Labute approximate surface area is 78.9 Å². The van der Waals surface area contributed by atoms with Gasteiger partial charge in [-0.2, -0.15) is 0 Å². The fourth-order valence-electron chi connectivity index (χ4n) is 2.38. The SMILES string of the molecule is BC1OC2(COC)COC1C2OC. The first-order valence-corrected chi connectivity index (χ1v) is 4.54. The predicted octanol–water partition coefficient (Wildman–Crippen LogP) is -1.23. The minimum Gasteiger partial charge on any atom is -0.381 e. The molecule has 0 aromatic carbocycles. The van der Waals surface area contributed by atoms with Crippen LogP contribution < -0.4 is 0 Å². The number of methoxy groups -OCH3 is 2. The van der Waals surface area contributed by atoms with Gasteiger partial charge >= 0.3 is 0 Å². The lowest BCUT2D eigenvalue weighted by atomic mass is 9.92. The second-order valence-corrected chi connectivity index (χ2v) is 3.75. The van der Waals surface area contributed by atoms with Gasteiger partial charge in [0.2, 0.25) is 0 Å². The lowest BCUT2D eigenvalue weighted by Gasteiger charge is -2.29. The highest BCUT2D eigenvalue weighted by molar-refractivity contribution is 6.11. The maximum absolute atomic E-state index is 5.82. The molecule has 2 fully saturated rings. The first-order valence-electron chi connectivity index (χ1n) is 4.54. The Kier molecular flexibility index (Phi) is 2.36. The van der Waals surface area contributed by atoms with Gasteiger partial charge in [0, 0.05) is 14.2 Å². The van der Waals surface area contributed by atoms with Crippen LogP contribution in [0, 0.1) is 0 Å². The summed E-state index contributed by atoms with van der Waals surface area (Å²) in [7, 11) is 5.37. The van der Waals surface area contributed by atoms with E-state index in [9.17, 15) is 0 Å². The normalized spacial score (nSPS) is 48.6. The van der Waals surface area contributed by atoms with E-state index in [1.807, 2.05) is 7.85 Å². The van der Waals surface area contributed by atoms with Crippen LogP contribution in [0.4, 0.5) is 0 Å². The van der Waals surface area contributed by atoms with Crippen molar-refractivity contribution in [1.82, 2.24) is 0 Å². The van der Waals surface area contributed by atoms with E-state index in [0.29, 0.717) is 13.2 Å². The molecular weight excluding hydrogens is 171 g/mol. The Bertz CT molecular complexity index is 201. The van der Waals surface area contributed by atoms with Gasteiger partial charge in [0.15, 0.2) is 0 Å². The van der Waals surface area contributed by atoms with Gasteiger partial charge in [-0.05, 0) is 0 Å². The molecule has 74 valence electrons. The lowest BCUT2D eigenvalue weighted by Crippen LogP contribution is -2.45. The Morgan fingerprint density at radius 2 is 2.31 bits per heavy atom. The van der Waals surface area contributed by atoms with Crippen molar-refractivity contribution in [1.29, 1.82) is 0 Å². The molecule has 0 N–H and O–H groups in total. The molecule has 4 nitrogen and oxygen atoms in total. The highest BCUT2D eigenvalue weighted by Crippen LogP contribution is 2.40. The van der Waals surface area contributed by atoms with Gasteiger partial charge in [0.05, 0.1) is 19.2 Å². The van der Waals surface area contributed by atoms with Gasteiger partial charge in [0.1, 0.15) is 25.7 Å². The summed E-state index contributed by atoms with van der Waals surface area (Å²) in [5, 5.41) is 0. The van der Waals surface area contributed by atoms with Crippen LogP contribution >= 0.6 is 0 Å².